The predicted molar refractivity (Wildman–Crippen MR) is 197 cm³/mol. The average Bonchev–Trinajstić information content (AvgIpc) is 3.07. The number of hydrogen-bond donors (Lipinski definition) is 0. The third kappa shape index (κ3) is 28.7. The number of rotatable bonds is 34. The van der Waals surface area contributed by atoms with E-state index in [9.17, 15) is 9.59 Å². The van der Waals surface area contributed by atoms with Crippen molar-refractivity contribution >= 4 is 11.9 Å². The summed E-state index contributed by atoms with van der Waals surface area (Å²) >= 11 is 0. The van der Waals surface area contributed by atoms with Crippen LogP contribution in [0.2, 0.25) is 0 Å². The minimum Gasteiger partial charge on any atom is -0.462 e. The van der Waals surface area contributed by atoms with E-state index in [1.165, 1.54) is 167 Å². The molecule has 0 amide bonds. The third-order valence-corrected chi connectivity index (χ3v) is 9.33. The number of benzene rings is 1. The first kappa shape index (κ1) is 46.2. The zero-order chi connectivity index (χ0) is 33.2. The molecule has 47 heavy (non-hydrogen) atoms. The van der Waals surface area contributed by atoms with Crippen LogP contribution in [0.3, 0.4) is 0 Å². The molecule has 1 rings (SSSR count). The van der Waals surface area contributed by atoms with E-state index in [0.29, 0.717) is 24.3 Å². The number of carbonyl (C=O) groups excluding carboxylic acids is 2. The standard InChI is InChI=1S/C42H74O4.Na/c1-3-5-7-9-11-13-15-17-19-20-22-24-26-28-30-34-38-46-42(44)40-36-32-31-35-39(40)41(43)45-37-33-29-27-25-23-21-18-16-14-12-10-8-6-4-2;/h31-32,35-36H,3-30,33-34,37-38H2,1-2H3;/q;+1. The normalized spacial score (nSPS) is 10.9. The molecule has 0 aliphatic rings. The second-order valence-electron chi connectivity index (χ2n) is 13.7. The van der Waals surface area contributed by atoms with Crippen LogP contribution in [0.5, 0.6) is 0 Å². The predicted octanol–water partition coefficient (Wildman–Crippen LogP) is 10.7. The van der Waals surface area contributed by atoms with Crippen LogP contribution < -0.4 is 29.6 Å². The van der Waals surface area contributed by atoms with Gasteiger partial charge in [0.2, 0.25) is 0 Å². The van der Waals surface area contributed by atoms with Crippen molar-refractivity contribution in [2.75, 3.05) is 13.2 Å². The molecule has 0 radical (unpaired) electrons. The number of carbonyl (C=O) groups is 2. The Morgan fingerprint density at radius 3 is 0.830 bits per heavy atom. The van der Waals surface area contributed by atoms with Gasteiger partial charge in [0, 0.05) is 0 Å². The Bertz CT molecular complexity index is 827. The second-order valence-corrected chi connectivity index (χ2v) is 13.7. The maximum absolute atomic E-state index is 12.7. The van der Waals surface area contributed by atoms with E-state index < -0.39 is 11.9 Å². The second kappa shape index (κ2) is 36.4. The first-order valence-electron chi connectivity index (χ1n) is 20.1. The molecule has 1 aromatic carbocycles. The molecule has 4 nitrogen and oxygen atoms in total. The quantitative estimate of drug-likeness (QED) is 0.0418. The van der Waals surface area contributed by atoms with Crippen LogP contribution in [0.4, 0.5) is 0 Å². The molecule has 0 saturated carbocycles. The van der Waals surface area contributed by atoms with Gasteiger partial charge in [-0.2, -0.15) is 0 Å². The van der Waals surface area contributed by atoms with Crippen LogP contribution in [0, 0.1) is 0 Å². The molecule has 1 aromatic rings. The van der Waals surface area contributed by atoms with E-state index in [0.717, 1.165) is 25.7 Å². The van der Waals surface area contributed by atoms with E-state index in [-0.39, 0.29) is 29.6 Å². The number of ether oxygens (including phenoxy) is 2. The van der Waals surface area contributed by atoms with Crippen molar-refractivity contribution in [1.29, 1.82) is 0 Å². The minimum atomic E-state index is -0.426. The van der Waals surface area contributed by atoms with Crippen molar-refractivity contribution in [2.24, 2.45) is 0 Å². The molecule has 0 heterocycles. The first-order valence-corrected chi connectivity index (χ1v) is 20.1. The average molecular weight is 666 g/mol. The van der Waals surface area contributed by atoms with Gasteiger partial charge in [-0.15, -0.1) is 0 Å². The SMILES string of the molecule is CCCCCCCCCCCCCCCCCCOC(=O)c1ccccc1C(=O)OCCCCCCCCCCCCCCCC.[Na+]. The maximum Gasteiger partial charge on any atom is 1.00 e. The molecule has 5 heteroatoms. The molecule has 0 saturated heterocycles. The molecule has 0 fully saturated rings. The third-order valence-electron chi connectivity index (χ3n) is 9.33. The van der Waals surface area contributed by atoms with Crippen molar-refractivity contribution < 1.29 is 48.6 Å². The molecule has 0 N–H and O–H groups in total. The molecule has 0 atom stereocenters. The Hall–Kier alpha value is -0.840. The van der Waals surface area contributed by atoms with Gasteiger partial charge in [0.25, 0.3) is 0 Å². The van der Waals surface area contributed by atoms with Gasteiger partial charge in [0.05, 0.1) is 24.3 Å². The Kier molecular flexibility index (Phi) is 35.8. The summed E-state index contributed by atoms with van der Waals surface area (Å²) in [6.07, 6.45) is 39.2. The summed E-state index contributed by atoms with van der Waals surface area (Å²) in [5, 5.41) is 0. The summed E-state index contributed by atoms with van der Waals surface area (Å²) in [7, 11) is 0. The minimum absolute atomic E-state index is 0. The molecular weight excluding hydrogens is 591 g/mol. The molecule has 0 aliphatic carbocycles. The Morgan fingerprint density at radius 2 is 0.596 bits per heavy atom. The van der Waals surface area contributed by atoms with E-state index >= 15 is 0 Å². The number of hydrogen-bond acceptors (Lipinski definition) is 4. The van der Waals surface area contributed by atoms with Crippen molar-refractivity contribution in [3.8, 4) is 0 Å². The van der Waals surface area contributed by atoms with Crippen molar-refractivity contribution in [3.63, 3.8) is 0 Å². The zero-order valence-corrected chi connectivity index (χ0v) is 33.6. The molecule has 0 unspecified atom stereocenters. The van der Waals surface area contributed by atoms with Gasteiger partial charge in [-0.1, -0.05) is 206 Å². The van der Waals surface area contributed by atoms with Crippen LogP contribution in [-0.4, -0.2) is 25.2 Å². The molecular formula is C42H74NaO4+. The fraction of sp³-hybridized carbons (Fsp3) is 0.810. The fourth-order valence-corrected chi connectivity index (χ4v) is 6.27. The molecule has 0 aliphatic heterocycles. The van der Waals surface area contributed by atoms with Gasteiger partial charge in [0.1, 0.15) is 0 Å². The van der Waals surface area contributed by atoms with E-state index in [2.05, 4.69) is 13.8 Å². The summed E-state index contributed by atoms with van der Waals surface area (Å²) in [5.74, 6) is -0.852. The van der Waals surface area contributed by atoms with Crippen molar-refractivity contribution in [3.05, 3.63) is 35.4 Å². The summed E-state index contributed by atoms with van der Waals surface area (Å²) in [6, 6.07) is 6.88. The summed E-state index contributed by atoms with van der Waals surface area (Å²) in [5.41, 5.74) is 0.620. The van der Waals surface area contributed by atoms with Gasteiger partial charge < -0.3 is 9.47 Å². The van der Waals surface area contributed by atoms with E-state index in [1.807, 2.05) is 0 Å². The first-order chi connectivity index (χ1) is 22.7. The van der Waals surface area contributed by atoms with Gasteiger partial charge in [-0.05, 0) is 25.0 Å². The number of unbranched alkanes of at least 4 members (excludes halogenated alkanes) is 28. The summed E-state index contributed by atoms with van der Waals surface area (Å²) in [6.45, 7) is 5.36. The van der Waals surface area contributed by atoms with Crippen LogP contribution in [-0.2, 0) is 9.47 Å². The van der Waals surface area contributed by atoms with Gasteiger partial charge in [0.15, 0.2) is 0 Å². The van der Waals surface area contributed by atoms with Crippen LogP contribution in [0.15, 0.2) is 24.3 Å². The topological polar surface area (TPSA) is 52.6 Å². The molecule has 0 spiro atoms. The van der Waals surface area contributed by atoms with Crippen molar-refractivity contribution in [2.45, 2.75) is 206 Å². The van der Waals surface area contributed by atoms with Crippen LogP contribution in [0.25, 0.3) is 0 Å². The molecule has 0 aromatic heterocycles. The van der Waals surface area contributed by atoms with Gasteiger partial charge in [-0.3, -0.25) is 0 Å². The van der Waals surface area contributed by atoms with Gasteiger partial charge in [-0.25, -0.2) is 9.59 Å². The summed E-state index contributed by atoms with van der Waals surface area (Å²) < 4.78 is 11.0. The Morgan fingerprint density at radius 1 is 0.383 bits per heavy atom. The van der Waals surface area contributed by atoms with E-state index in [4.69, 9.17) is 9.47 Å². The number of esters is 2. The zero-order valence-electron chi connectivity index (χ0n) is 31.6. The fourth-order valence-electron chi connectivity index (χ4n) is 6.27. The van der Waals surface area contributed by atoms with E-state index in [1.54, 1.807) is 24.3 Å². The Labute approximate surface area is 314 Å². The summed E-state index contributed by atoms with van der Waals surface area (Å²) in [4.78, 5) is 25.4. The van der Waals surface area contributed by atoms with Crippen molar-refractivity contribution in [1.82, 2.24) is 0 Å². The molecule has 266 valence electrons. The maximum atomic E-state index is 12.7. The largest absolute Gasteiger partial charge is 1.00 e. The van der Waals surface area contributed by atoms with Crippen LogP contribution in [0.1, 0.15) is 227 Å². The Balaban J connectivity index is 0.0000212. The smallest absolute Gasteiger partial charge is 0.462 e. The van der Waals surface area contributed by atoms with Gasteiger partial charge >= 0.3 is 41.5 Å². The molecule has 0 bridgehead atoms. The monoisotopic (exact) mass is 666 g/mol. The van der Waals surface area contributed by atoms with Crippen LogP contribution >= 0.6 is 0 Å².